The molecule has 2 aliphatic rings. The van der Waals surface area contributed by atoms with Crippen LogP contribution in [0.15, 0.2) is 103 Å². The van der Waals surface area contributed by atoms with E-state index in [-0.39, 0.29) is 28.4 Å². The van der Waals surface area contributed by atoms with Gasteiger partial charge < -0.3 is 9.80 Å². The first kappa shape index (κ1) is 33.3. The van der Waals surface area contributed by atoms with Crippen molar-refractivity contribution in [2.45, 2.75) is 105 Å². The van der Waals surface area contributed by atoms with Gasteiger partial charge in [-0.3, -0.25) is 0 Å². The van der Waals surface area contributed by atoms with E-state index >= 15 is 0 Å². The largest absolute Gasteiger partial charge is 0.311 e. The molecule has 5 aromatic rings. The van der Waals surface area contributed by atoms with Crippen LogP contribution >= 0.6 is 0 Å². The Morgan fingerprint density at radius 1 is 0.367 bits per heavy atom. The van der Waals surface area contributed by atoms with Crippen molar-refractivity contribution in [2.75, 3.05) is 9.80 Å². The summed E-state index contributed by atoms with van der Waals surface area (Å²) in [6.45, 7) is 28.1. The fourth-order valence-electron chi connectivity index (χ4n) is 7.60. The number of fused-ring (bicyclic) bond motifs is 4. The zero-order valence-electron chi connectivity index (χ0n) is 31.8. The maximum Gasteiger partial charge on any atom is 0.252 e. The van der Waals surface area contributed by atoms with Gasteiger partial charge in [-0.1, -0.05) is 138 Å². The summed E-state index contributed by atoms with van der Waals surface area (Å²) in [6.07, 6.45) is 0. The summed E-state index contributed by atoms with van der Waals surface area (Å²) in [6, 6.07) is 39.7. The van der Waals surface area contributed by atoms with E-state index in [4.69, 9.17) is 0 Å². The second kappa shape index (κ2) is 11.1. The smallest absolute Gasteiger partial charge is 0.252 e. The lowest BCUT2D eigenvalue weighted by Crippen LogP contribution is -2.61. The topological polar surface area (TPSA) is 6.48 Å². The van der Waals surface area contributed by atoms with Crippen molar-refractivity contribution >= 4 is 57.2 Å². The Bertz CT molecular complexity index is 1870. The molecule has 0 unspecified atom stereocenters. The minimum absolute atomic E-state index is 0.0164. The third-order valence-electron chi connectivity index (χ3n) is 10.6. The van der Waals surface area contributed by atoms with Crippen LogP contribution in [0, 0.1) is 0 Å². The predicted octanol–water partition coefficient (Wildman–Crippen LogP) is 11.0. The van der Waals surface area contributed by atoms with Gasteiger partial charge in [-0.2, -0.15) is 0 Å². The number of rotatable bonds is 2. The van der Waals surface area contributed by atoms with Crippen LogP contribution in [0.5, 0.6) is 0 Å². The zero-order chi connectivity index (χ0) is 35.3. The van der Waals surface area contributed by atoms with Crippen molar-refractivity contribution in [3.8, 4) is 0 Å². The SMILES string of the molecule is CC(C)(C)c1cc(N2c3ccccc3B3c4ccccc4N(c4cc(C(C)(C)C)cc(C(C)(C)C)c4)c4cccc2c43)cc(C(C)(C)C)c1. The van der Waals surface area contributed by atoms with Crippen LogP contribution < -0.4 is 26.2 Å². The number of hydrogen-bond donors (Lipinski definition) is 0. The van der Waals surface area contributed by atoms with Gasteiger partial charge in [-0.15, -0.1) is 0 Å². The highest BCUT2D eigenvalue weighted by Crippen LogP contribution is 2.46. The minimum atomic E-state index is 0.0164. The number of anilines is 6. The quantitative estimate of drug-likeness (QED) is 0.173. The molecule has 0 aromatic heterocycles. The molecule has 3 heteroatoms. The molecule has 0 atom stereocenters. The predicted molar refractivity (Wildman–Crippen MR) is 215 cm³/mol. The summed E-state index contributed by atoms with van der Waals surface area (Å²) in [5.74, 6) is 0. The Morgan fingerprint density at radius 2 is 0.673 bits per heavy atom. The van der Waals surface area contributed by atoms with Crippen molar-refractivity contribution in [3.63, 3.8) is 0 Å². The Hall–Kier alpha value is -4.24. The van der Waals surface area contributed by atoms with E-state index in [1.54, 1.807) is 0 Å². The van der Waals surface area contributed by atoms with Crippen LogP contribution in [0.3, 0.4) is 0 Å². The van der Waals surface area contributed by atoms with Crippen molar-refractivity contribution in [1.82, 2.24) is 0 Å². The van der Waals surface area contributed by atoms with E-state index in [1.165, 1.54) is 72.8 Å². The molecular weight excluding hydrogens is 591 g/mol. The summed E-state index contributed by atoms with van der Waals surface area (Å²) < 4.78 is 0. The van der Waals surface area contributed by atoms with Gasteiger partial charge in [0.15, 0.2) is 0 Å². The molecule has 2 aliphatic heterocycles. The Balaban J connectivity index is 1.55. The van der Waals surface area contributed by atoms with Crippen molar-refractivity contribution in [3.05, 3.63) is 125 Å². The molecule has 0 saturated heterocycles. The fraction of sp³-hybridized carbons (Fsp3) is 0.348. The molecule has 0 radical (unpaired) electrons. The van der Waals surface area contributed by atoms with Crippen molar-refractivity contribution in [1.29, 1.82) is 0 Å². The average Bonchev–Trinajstić information content (AvgIpc) is 3.02. The van der Waals surface area contributed by atoms with Gasteiger partial charge in [0, 0.05) is 34.1 Å². The number of nitrogens with zero attached hydrogens (tertiary/aromatic N) is 2. The molecule has 250 valence electrons. The first-order valence-corrected chi connectivity index (χ1v) is 18.1. The van der Waals surface area contributed by atoms with E-state index in [2.05, 4.69) is 196 Å². The van der Waals surface area contributed by atoms with Crippen LogP contribution in [0.1, 0.15) is 105 Å². The van der Waals surface area contributed by atoms with Crippen LogP contribution in [0.25, 0.3) is 0 Å². The highest BCUT2D eigenvalue weighted by molar-refractivity contribution is 7.00. The molecule has 0 N–H and O–H groups in total. The number of hydrogen-bond acceptors (Lipinski definition) is 2. The number of para-hydroxylation sites is 2. The van der Waals surface area contributed by atoms with E-state index < -0.39 is 0 Å². The summed E-state index contributed by atoms with van der Waals surface area (Å²) >= 11 is 0. The average molecular weight is 645 g/mol. The van der Waals surface area contributed by atoms with Gasteiger partial charge in [0.25, 0.3) is 6.71 Å². The summed E-state index contributed by atoms with van der Waals surface area (Å²) in [5, 5.41) is 0. The van der Waals surface area contributed by atoms with Gasteiger partial charge >= 0.3 is 0 Å². The molecule has 2 heterocycles. The Kier molecular flexibility index (Phi) is 7.56. The van der Waals surface area contributed by atoms with Gasteiger partial charge in [0.2, 0.25) is 0 Å². The standard InChI is InChI=1S/C46H53BN2/c1-43(2,3)30-24-31(44(4,5)6)27-34(26-30)48-38-20-15-13-18-36(38)47-37-19-14-16-21-39(37)49(41-23-17-22-40(48)42(41)47)35-28-32(45(7,8)9)25-33(29-35)46(10,11)12/h13-29H,1-12H3. The van der Waals surface area contributed by atoms with Crippen LogP contribution in [-0.4, -0.2) is 6.71 Å². The third-order valence-corrected chi connectivity index (χ3v) is 10.6. The molecule has 2 nitrogen and oxygen atoms in total. The third kappa shape index (κ3) is 5.70. The lowest BCUT2D eigenvalue weighted by Gasteiger charge is -2.44. The van der Waals surface area contributed by atoms with Crippen LogP contribution in [0.4, 0.5) is 34.1 Å². The van der Waals surface area contributed by atoms with Gasteiger partial charge in [-0.05, 0) is 109 Å². The van der Waals surface area contributed by atoms with E-state index in [1.807, 2.05) is 0 Å². The first-order chi connectivity index (χ1) is 22.8. The lowest BCUT2D eigenvalue weighted by molar-refractivity contribution is 0.568. The molecular formula is C46H53BN2. The van der Waals surface area contributed by atoms with E-state index in [0.29, 0.717) is 0 Å². The molecule has 49 heavy (non-hydrogen) atoms. The highest BCUT2D eigenvalue weighted by atomic mass is 15.2. The Labute approximate surface area is 296 Å². The first-order valence-electron chi connectivity index (χ1n) is 18.1. The lowest BCUT2D eigenvalue weighted by atomic mass is 9.33. The maximum absolute atomic E-state index is 2.55. The zero-order valence-corrected chi connectivity index (χ0v) is 31.8. The summed E-state index contributed by atoms with van der Waals surface area (Å²) in [4.78, 5) is 5.10. The van der Waals surface area contributed by atoms with E-state index in [0.717, 1.165) is 0 Å². The maximum atomic E-state index is 2.55. The van der Waals surface area contributed by atoms with Crippen LogP contribution in [0.2, 0.25) is 0 Å². The monoisotopic (exact) mass is 644 g/mol. The summed E-state index contributed by atoms with van der Waals surface area (Å²) in [5.41, 5.74) is 17.1. The molecule has 0 saturated carbocycles. The number of benzene rings is 5. The molecule has 0 amide bonds. The summed E-state index contributed by atoms with van der Waals surface area (Å²) in [7, 11) is 0. The molecule has 0 fully saturated rings. The Morgan fingerprint density at radius 3 is 1.00 bits per heavy atom. The molecule has 0 aliphatic carbocycles. The normalized spacial score (nSPS) is 14.4. The van der Waals surface area contributed by atoms with Gasteiger partial charge in [0.1, 0.15) is 0 Å². The highest BCUT2D eigenvalue weighted by Gasteiger charge is 2.43. The molecule has 0 bridgehead atoms. The second-order valence-corrected chi connectivity index (χ2v) is 18.5. The van der Waals surface area contributed by atoms with Gasteiger partial charge in [-0.25, -0.2) is 0 Å². The molecule has 5 aromatic carbocycles. The molecule has 7 rings (SSSR count). The minimum Gasteiger partial charge on any atom is -0.311 e. The van der Waals surface area contributed by atoms with Crippen LogP contribution in [-0.2, 0) is 21.7 Å². The van der Waals surface area contributed by atoms with Crippen molar-refractivity contribution in [2.24, 2.45) is 0 Å². The van der Waals surface area contributed by atoms with Gasteiger partial charge in [0.05, 0.1) is 0 Å². The van der Waals surface area contributed by atoms with Crippen molar-refractivity contribution < 1.29 is 0 Å². The second-order valence-electron chi connectivity index (χ2n) is 18.5. The van der Waals surface area contributed by atoms with E-state index in [9.17, 15) is 0 Å². The fourth-order valence-corrected chi connectivity index (χ4v) is 7.60. The molecule has 0 spiro atoms.